The van der Waals surface area contributed by atoms with E-state index in [4.69, 9.17) is 23.2 Å². The van der Waals surface area contributed by atoms with E-state index in [-0.39, 0.29) is 6.10 Å². The summed E-state index contributed by atoms with van der Waals surface area (Å²) in [6.45, 7) is 2.78. The minimum atomic E-state index is -0.375. The van der Waals surface area contributed by atoms with E-state index in [0.29, 0.717) is 10.0 Å². The van der Waals surface area contributed by atoms with Gasteiger partial charge in [-0.2, -0.15) is 0 Å². The average Bonchev–Trinajstić information content (AvgIpc) is 2.83. The molecule has 1 unspecified atom stereocenters. The first-order valence-corrected chi connectivity index (χ1v) is 7.13. The molecule has 1 heterocycles. The molecule has 0 spiro atoms. The predicted molar refractivity (Wildman–Crippen MR) is 79.9 cm³/mol. The molecule has 1 aromatic heterocycles. The lowest BCUT2D eigenvalue weighted by molar-refractivity contribution is 0.166. The van der Waals surface area contributed by atoms with Gasteiger partial charge in [0, 0.05) is 18.9 Å². The van der Waals surface area contributed by atoms with Gasteiger partial charge >= 0.3 is 0 Å². The Balaban J connectivity index is 2.09. The fraction of sp³-hybridized carbons (Fsp3) is 0.333. The van der Waals surface area contributed by atoms with Crippen molar-refractivity contribution in [3.05, 3.63) is 57.8 Å². The van der Waals surface area contributed by atoms with Crippen LogP contribution in [0.2, 0.25) is 10.0 Å². The second-order valence-electron chi connectivity index (χ2n) is 4.67. The highest BCUT2D eigenvalue weighted by Gasteiger charge is 2.08. The lowest BCUT2D eigenvalue weighted by atomic mass is 10.1. The summed E-state index contributed by atoms with van der Waals surface area (Å²) in [7, 11) is 0. The molecule has 0 aliphatic rings. The second-order valence-corrected chi connectivity index (χ2v) is 5.48. The predicted octanol–water partition coefficient (Wildman–Crippen LogP) is 4.68. The van der Waals surface area contributed by atoms with Crippen molar-refractivity contribution in [1.29, 1.82) is 0 Å². The van der Waals surface area contributed by atoms with Gasteiger partial charge in [-0.1, -0.05) is 42.6 Å². The van der Waals surface area contributed by atoms with Gasteiger partial charge < -0.3 is 9.67 Å². The zero-order valence-electron chi connectivity index (χ0n) is 10.8. The van der Waals surface area contributed by atoms with Crippen LogP contribution >= 0.6 is 23.2 Å². The average molecular weight is 298 g/mol. The van der Waals surface area contributed by atoms with Crippen LogP contribution in [-0.2, 0) is 6.54 Å². The highest BCUT2D eigenvalue weighted by Crippen LogP contribution is 2.24. The summed E-state index contributed by atoms with van der Waals surface area (Å²) in [5.41, 5.74) is 2.04. The standard InChI is InChI=1S/C15H17Cl2NO/c1-2-3-15(19)12-6-7-18(10-12)9-11-4-5-13(16)14(17)8-11/h4-8,10,15,19H,2-3,9H2,1H3. The number of aliphatic hydroxyl groups excluding tert-OH is 1. The van der Waals surface area contributed by atoms with Crippen molar-refractivity contribution in [2.24, 2.45) is 0 Å². The molecule has 0 aliphatic carbocycles. The van der Waals surface area contributed by atoms with Gasteiger partial charge in [0.1, 0.15) is 0 Å². The Bertz CT molecular complexity index is 551. The number of hydrogen-bond acceptors (Lipinski definition) is 1. The van der Waals surface area contributed by atoms with Crippen molar-refractivity contribution >= 4 is 23.2 Å². The van der Waals surface area contributed by atoms with Crippen LogP contribution in [0.25, 0.3) is 0 Å². The molecule has 0 fully saturated rings. The number of hydrogen-bond donors (Lipinski definition) is 1. The lowest BCUT2D eigenvalue weighted by Crippen LogP contribution is -1.98. The van der Waals surface area contributed by atoms with E-state index < -0.39 is 0 Å². The van der Waals surface area contributed by atoms with Crippen LogP contribution in [0.3, 0.4) is 0 Å². The van der Waals surface area contributed by atoms with Gasteiger partial charge in [0.2, 0.25) is 0 Å². The summed E-state index contributed by atoms with van der Waals surface area (Å²) < 4.78 is 2.04. The molecular weight excluding hydrogens is 281 g/mol. The molecule has 0 saturated heterocycles. The first-order chi connectivity index (χ1) is 9.10. The van der Waals surface area contributed by atoms with E-state index in [2.05, 4.69) is 6.92 Å². The smallest absolute Gasteiger partial charge is 0.0804 e. The molecule has 2 nitrogen and oxygen atoms in total. The third-order valence-corrected chi connectivity index (χ3v) is 3.81. The van der Waals surface area contributed by atoms with Gasteiger partial charge in [0.25, 0.3) is 0 Å². The Kier molecular flexibility index (Phi) is 4.92. The number of benzene rings is 1. The fourth-order valence-electron chi connectivity index (χ4n) is 2.04. The van der Waals surface area contributed by atoms with Gasteiger partial charge in [0.05, 0.1) is 16.1 Å². The Morgan fingerprint density at radius 3 is 2.68 bits per heavy atom. The quantitative estimate of drug-likeness (QED) is 0.852. The first-order valence-electron chi connectivity index (χ1n) is 6.38. The third-order valence-electron chi connectivity index (χ3n) is 3.07. The SMILES string of the molecule is CCCC(O)c1ccn(Cc2ccc(Cl)c(Cl)c2)c1. The Labute approximate surface area is 123 Å². The topological polar surface area (TPSA) is 25.2 Å². The number of aliphatic hydroxyl groups is 1. The van der Waals surface area contributed by atoms with E-state index in [0.717, 1.165) is 30.5 Å². The maximum absolute atomic E-state index is 9.93. The van der Waals surface area contributed by atoms with E-state index in [1.165, 1.54) is 0 Å². The van der Waals surface area contributed by atoms with E-state index in [1.54, 1.807) is 6.07 Å². The van der Waals surface area contributed by atoms with Crippen LogP contribution in [0.1, 0.15) is 37.0 Å². The first kappa shape index (κ1) is 14.4. The minimum absolute atomic E-state index is 0.375. The molecule has 1 N–H and O–H groups in total. The monoisotopic (exact) mass is 297 g/mol. The third kappa shape index (κ3) is 3.75. The van der Waals surface area contributed by atoms with E-state index in [9.17, 15) is 5.11 Å². The second kappa shape index (κ2) is 6.47. The molecule has 19 heavy (non-hydrogen) atoms. The molecule has 0 radical (unpaired) electrons. The lowest BCUT2D eigenvalue weighted by Gasteiger charge is -2.07. The molecule has 0 amide bonds. The highest BCUT2D eigenvalue weighted by molar-refractivity contribution is 6.42. The Morgan fingerprint density at radius 1 is 1.21 bits per heavy atom. The molecule has 1 atom stereocenters. The van der Waals surface area contributed by atoms with Gasteiger partial charge in [-0.25, -0.2) is 0 Å². The van der Waals surface area contributed by atoms with Crippen LogP contribution in [0.4, 0.5) is 0 Å². The number of rotatable bonds is 5. The van der Waals surface area contributed by atoms with Crippen molar-refractivity contribution < 1.29 is 5.11 Å². The molecule has 2 aromatic rings. The summed E-state index contributed by atoms with van der Waals surface area (Å²) in [5.74, 6) is 0. The van der Waals surface area contributed by atoms with Crippen molar-refractivity contribution in [2.75, 3.05) is 0 Å². The van der Waals surface area contributed by atoms with Crippen molar-refractivity contribution in [1.82, 2.24) is 4.57 Å². The van der Waals surface area contributed by atoms with Crippen LogP contribution in [0.15, 0.2) is 36.7 Å². The van der Waals surface area contributed by atoms with Gasteiger partial charge in [-0.05, 0) is 35.7 Å². The van der Waals surface area contributed by atoms with Crippen LogP contribution < -0.4 is 0 Å². The van der Waals surface area contributed by atoms with Gasteiger partial charge in [-0.15, -0.1) is 0 Å². The van der Waals surface area contributed by atoms with Crippen molar-refractivity contribution in [3.63, 3.8) is 0 Å². The van der Waals surface area contributed by atoms with E-state index >= 15 is 0 Å². The molecule has 0 bridgehead atoms. The minimum Gasteiger partial charge on any atom is -0.388 e. The van der Waals surface area contributed by atoms with Crippen molar-refractivity contribution in [2.45, 2.75) is 32.4 Å². The molecule has 0 saturated carbocycles. The molecular formula is C15H17Cl2NO. The Morgan fingerprint density at radius 2 is 2.00 bits per heavy atom. The molecule has 2 rings (SSSR count). The molecule has 1 aromatic carbocycles. The summed E-state index contributed by atoms with van der Waals surface area (Å²) in [6, 6.07) is 7.58. The maximum atomic E-state index is 9.93. The zero-order chi connectivity index (χ0) is 13.8. The van der Waals surface area contributed by atoms with Gasteiger partial charge in [0.15, 0.2) is 0 Å². The summed E-state index contributed by atoms with van der Waals surface area (Å²) in [4.78, 5) is 0. The van der Waals surface area contributed by atoms with Crippen LogP contribution in [0.5, 0.6) is 0 Å². The normalized spacial score (nSPS) is 12.6. The van der Waals surface area contributed by atoms with Crippen LogP contribution in [0, 0.1) is 0 Å². The summed E-state index contributed by atoms with van der Waals surface area (Å²) >= 11 is 11.9. The largest absolute Gasteiger partial charge is 0.388 e. The van der Waals surface area contributed by atoms with Gasteiger partial charge in [-0.3, -0.25) is 0 Å². The fourth-order valence-corrected chi connectivity index (χ4v) is 2.36. The molecule has 0 aliphatic heterocycles. The maximum Gasteiger partial charge on any atom is 0.0804 e. The summed E-state index contributed by atoms with van der Waals surface area (Å²) in [6.07, 6.45) is 5.33. The van der Waals surface area contributed by atoms with Crippen LogP contribution in [-0.4, -0.2) is 9.67 Å². The van der Waals surface area contributed by atoms with E-state index in [1.807, 2.05) is 35.2 Å². The van der Waals surface area contributed by atoms with Crippen molar-refractivity contribution in [3.8, 4) is 0 Å². The number of halogens is 2. The Hall–Kier alpha value is -0.960. The number of aromatic nitrogens is 1. The summed E-state index contributed by atoms with van der Waals surface area (Å²) in [5, 5.41) is 11.1. The molecule has 102 valence electrons. The highest BCUT2D eigenvalue weighted by atomic mass is 35.5. The zero-order valence-corrected chi connectivity index (χ0v) is 12.3. The number of nitrogens with zero attached hydrogens (tertiary/aromatic N) is 1. The molecule has 4 heteroatoms.